The second kappa shape index (κ2) is 10.8. The van der Waals surface area contributed by atoms with Crippen molar-refractivity contribution < 1.29 is 23.9 Å². The largest absolute Gasteiger partial charge is 0.461 e. The van der Waals surface area contributed by atoms with Crippen LogP contribution in [-0.4, -0.2) is 47.6 Å². The number of ether oxygens (including phenoxy) is 2. The highest BCUT2D eigenvalue weighted by Crippen LogP contribution is 2.21. The van der Waals surface area contributed by atoms with Crippen molar-refractivity contribution in [3.63, 3.8) is 0 Å². The first-order valence-corrected chi connectivity index (χ1v) is 11.2. The first-order valence-electron chi connectivity index (χ1n) is 11.2. The molecule has 2 heterocycles. The Morgan fingerprint density at radius 3 is 2.20 bits per heavy atom. The number of rotatable bonds is 5. The number of aromatic amines is 2. The van der Waals surface area contributed by atoms with E-state index in [2.05, 4.69) is 20.6 Å². The summed E-state index contributed by atoms with van der Waals surface area (Å²) in [6, 6.07) is 14.7. The summed E-state index contributed by atoms with van der Waals surface area (Å²) < 4.78 is 10.1. The summed E-state index contributed by atoms with van der Waals surface area (Å²) in [7, 11) is 1.86. The molecule has 4 rings (SSSR count). The van der Waals surface area contributed by atoms with Gasteiger partial charge in [0.1, 0.15) is 11.3 Å². The van der Waals surface area contributed by atoms with Crippen molar-refractivity contribution in [1.82, 2.24) is 9.97 Å². The molecule has 0 saturated carbocycles. The van der Waals surface area contributed by atoms with Crippen LogP contribution >= 0.6 is 0 Å². The summed E-state index contributed by atoms with van der Waals surface area (Å²) in [5.74, 6) is -0.315. The summed E-state index contributed by atoms with van der Waals surface area (Å²) in [5, 5.41) is 7.56. The number of fused-ring (bicyclic) bond motifs is 2. The van der Waals surface area contributed by atoms with Gasteiger partial charge in [-0.05, 0) is 76.2 Å². The molecular formula is C26H30N4O5. The van der Waals surface area contributed by atoms with Gasteiger partial charge in [0.25, 0.3) is 0 Å². The molecule has 2 aromatic carbocycles. The topological polar surface area (TPSA) is 125 Å². The van der Waals surface area contributed by atoms with Gasteiger partial charge in [-0.25, -0.2) is 9.59 Å². The number of hydrogen-bond donors (Lipinski definition) is 4. The van der Waals surface area contributed by atoms with Crippen molar-refractivity contribution in [2.75, 3.05) is 24.3 Å². The molecule has 0 fully saturated rings. The fourth-order valence-corrected chi connectivity index (χ4v) is 3.32. The number of amides is 1. The normalized spacial score (nSPS) is 10.9. The number of nitrogens with one attached hydrogen (secondary N) is 4. The van der Waals surface area contributed by atoms with E-state index < -0.39 is 11.7 Å². The van der Waals surface area contributed by atoms with E-state index >= 15 is 0 Å². The molecule has 184 valence electrons. The Balaban J connectivity index is 0.000000198. The SMILES string of the molecule is CC(C)(C)OC(=O)Nc1ccc2[nH]c(C=O)cc2c1.CCOC(=O)c1cc2cc(NC)ccc2[nH]1. The van der Waals surface area contributed by atoms with Crippen molar-refractivity contribution in [1.29, 1.82) is 0 Å². The molecule has 0 bridgehead atoms. The Kier molecular flexibility index (Phi) is 7.80. The number of hydrogen-bond acceptors (Lipinski definition) is 6. The number of aromatic nitrogens is 2. The van der Waals surface area contributed by atoms with Gasteiger partial charge in [-0.1, -0.05) is 0 Å². The van der Waals surface area contributed by atoms with E-state index in [-0.39, 0.29) is 5.97 Å². The highest BCUT2D eigenvalue weighted by Gasteiger charge is 2.16. The standard InChI is InChI=1S/C14H16N2O3.C12H14N2O2/c1-14(2,3)19-13(18)16-10-4-5-12-9(6-10)7-11(8-17)15-12;1-3-16-12(15)11-7-8-6-9(13-2)4-5-10(8)14-11/h4-8,15H,1-3H3,(H,16,18);4-7,13-14H,3H2,1-2H3. The van der Waals surface area contributed by atoms with E-state index in [9.17, 15) is 14.4 Å². The van der Waals surface area contributed by atoms with E-state index in [1.165, 1.54) is 0 Å². The summed E-state index contributed by atoms with van der Waals surface area (Å²) in [6.07, 6.45) is 0.249. The first kappa shape index (κ1) is 25.4. The molecule has 2 aromatic heterocycles. The number of benzene rings is 2. The molecule has 0 saturated heterocycles. The molecule has 9 nitrogen and oxygen atoms in total. The van der Waals surface area contributed by atoms with Crippen LogP contribution in [0.15, 0.2) is 48.5 Å². The number of esters is 1. The van der Waals surface area contributed by atoms with Gasteiger partial charge in [0.05, 0.1) is 12.3 Å². The lowest BCUT2D eigenvalue weighted by Gasteiger charge is -2.19. The average molecular weight is 479 g/mol. The van der Waals surface area contributed by atoms with Gasteiger partial charge in [0, 0.05) is 40.2 Å². The molecule has 0 radical (unpaired) electrons. The predicted molar refractivity (Wildman–Crippen MR) is 137 cm³/mol. The third kappa shape index (κ3) is 6.86. The predicted octanol–water partition coefficient (Wildman–Crippen LogP) is 5.71. The fourth-order valence-electron chi connectivity index (χ4n) is 3.32. The van der Waals surface area contributed by atoms with Crippen molar-refractivity contribution >= 4 is 51.5 Å². The fraction of sp³-hybridized carbons (Fsp3) is 0.269. The minimum atomic E-state index is -0.535. The van der Waals surface area contributed by atoms with Crippen LogP contribution in [-0.2, 0) is 9.47 Å². The quantitative estimate of drug-likeness (QED) is 0.215. The van der Waals surface area contributed by atoms with Crippen LogP contribution in [0.4, 0.5) is 16.2 Å². The van der Waals surface area contributed by atoms with Crippen molar-refractivity contribution in [3.05, 3.63) is 59.9 Å². The minimum Gasteiger partial charge on any atom is -0.461 e. The maximum absolute atomic E-state index is 11.6. The lowest BCUT2D eigenvalue weighted by atomic mass is 10.2. The smallest absolute Gasteiger partial charge is 0.412 e. The van der Waals surface area contributed by atoms with E-state index in [1.54, 1.807) is 58.0 Å². The highest BCUT2D eigenvalue weighted by molar-refractivity contribution is 5.96. The van der Waals surface area contributed by atoms with Crippen molar-refractivity contribution in [2.45, 2.75) is 33.3 Å². The van der Waals surface area contributed by atoms with Gasteiger partial charge >= 0.3 is 12.1 Å². The van der Waals surface area contributed by atoms with Crippen LogP contribution < -0.4 is 10.6 Å². The Hall–Kier alpha value is -4.27. The average Bonchev–Trinajstić information content (AvgIpc) is 3.41. The van der Waals surface area contributed by atoms with Crippen molar-refractivity contribution in [2.24, 2.45) is 0 Å². The lowest BCUT2D eigenvalue weighted by Crippen LogP contribution is -2.27. The molecule has 1 amide bonds. The number of carbonyl (C=O) groups excluding carboxylic acids is 3. The summed E-state index contributed by atoms with van der Waals surface area (Å²) in [6.45, 7) is 7.59. The molecule has 0 aliphatic heterocycles. The Labute approximate surface area is 203 Å². The number of anilines is 2. The molecule has 0 aliphatic rings. The van der Waals surface area contributed by atoms with Crippen molar-refractivity contribution in [3.8, 4) is 0 Å². The molecule has 9 heteroatoms. The minimum absolute atomic E-state index is 0.315. The molecule has 0 atom stereocenters. The molecule has 35 heavy (non-hydrogen) atoms. The Morgan fingerprint density at radius 1 is 0.943 bits per heavy atom. The molecule has 0 unspecified atom stereocenters. The lowest BCUT2D eigenvalue weighted by molar-refractivity contribution is 0.0519. The maximum Gasteiger partial charge on any atom is 0.412 e. The van der Waals surface area contributed by atoms with Crippen LogP contribution in [0.5, 0.6) is 0 Å². The molecule has 0 spiro atoms. The summed E-state index contributed by atoms with van der Waals surface area (Å²) >= 11 is 0. The van der Waals surface area contributed by atoms with Gasteiger partial charge in [0.15, 0.2) is 6.29 Å². The van der Waals surface area contributed by atoms with Crippen LogP contribution in [0.2, 0.25) is 0 Å². The second-order valence-electron chi connectivity index (χ2n) is 8.73. The number of H-pyrrole nitrogens is 2. The van der Waals surface area contributed by atoms with Crippen LogP contribution in [0.25, 0.3) is 21.8 Å². The molecule has 4 N–H and O–H groups in total. The van der Waals surface area contributed by atoms with E-state index in [1.807, 2.05) is 25.2 Å². The number of carbonyl (C=O) groups is 3. The van der Waals surface area contributed by atoms with Gasteiger partial charge in [0.2, 0.25) is 0 Å². The molecule has 0 aliphatic carbocycles. The van der Waals surface area contributed by atoms with Gasteiger partial charge in [-0.2, -0.15) is 0 Å². The third-order valence-corrected chi connectivity index (χ3v) is 4.82. The second-order valence-corrected chi connectivity index (χ2v) is 8.73. The molecule has 4 aromatic rings. The zero-order valence-electron chi connectivity index (χ0n) is 20.4. The van der Waals surface area contributed by atoms with E-state index in [4.69, 9.17) is 9.47 Å². The monoisotopic (exact) mass is 478 g/mol. The third-order valence-electron chi connectivity index (χ3n) is 4.82. The van der Waals surface area contributed by atoms with E-state index in [0.29, 0.717) is 23.7 Å². The van der Waals surface area contributed by atoms with Crippen LogP contribution in [0.3, 0.4) is 0 Å². The van der Waals surface area contributed by atoms with Crippen LogP contribution in [0, 0.1) is 0 Å². The summed E-state index contributed by atoms with van der Waals surface area (Å²) in [5.41, 5.74) is 3.88. The summed E-state index contributed by atoms with van der Waals surface area (Å²) in [4.78, 5) is 39.8. The number of aldehydes is 1. The van der Waals surface area contributed by atoms with Gasteiger partial charge in [-0.15, -0.1) is 0 Å². The molecular weight excluding hydrogens is 448 g/mol. The Morgan fingerprint density at radius 2 is 1.57 bits per heavy atom. The van der Waals surface area contributed by atoms with E-state index in [0.717, 1.165) is 33.8 Å². The Bertz CT molecular complexity index is 1350. The zero-order valence-corrected chi connectivity index (χ0v) is 20.4. The zero-order chi connectivity index (χ0) is 25.6. The first-order chi connectivity index (χ1) is 16.6. The highest BCUT2D eigenvalue weighted by atomic mass is 16.6. The van der Waals surface area contributed by atoms with Gasteiger partial charge in [-0.3, -0.25) is 10.1 Å². The van der Waals surface area contributed by atoms with Gasteiger partial charge < -0.3 is 24.8 Å². The van der Waals surface area contributed by atoms with Crippen LogP contribution in [0.1, 0.15) is 48.7 Å². The maximum atomic E-state index is 11.6.